The minimum absolute atomic E-state index is 0.0327. The van der Waals surface area contributed by atoms with Crippen LogP contribution in [-0.4, -0.2) is 40.7 Å². The van der Waals surface area contributed by atoms with E-state index in [0.29, 0.717) is 23.2 Å². The molecule has 0 spiro atoms. The van der Waals surface area contributed by atoms with E-state index in [4.69, 9.17) is 9.56 Å². The molecule has 0 fully saturated rings. The molecular formula is C19H20N6O5S2. The Morgan fingerprint density at radius 3 is 2.59 bits per heavy atom. The van der Waals surface area contributed by atoms with E-state index < -0.39 is 10.0 Å². The van der Waals surface area contributed by atoms with Crippen molar-refractivity contribution in [3.05, 3.63) is 66.9 Å². The summed E-state index contributed by atoms with van der Waals surface area (Å²) in [5.41, 5.74) is 0.428. The first-order chi connectivity index (χ1) is 15.3. The van der Waals surface area contributed by atoms with Gasteiger partial charge >= 0.3 is 0 Å². The van der Waals surface area contributed by atoms with Crippen LogP contribution in [0.2, 0.25) is 0 Å². The van der Waals surface area contributed by atoms with Gasteiger partial charge in [0.2, 0.25) is 15.9 Å². The molecule has 4 N–H and O–H groups in total. The van der Waals surface area contributed by atoms with E-state index in [1.54, 1.807) is 22.8 Å². The van der Waals surface area contributed by atoms with Gasteiger partial charge in [-0.1, -0.05) is 17.8 Å². The number of nitrogens with two attached hydrogens (primary N) is 1. The lowest BCUT2D eigenvalue weighted by molar-refractivity contribution is -0.113. The molecule has 11 nitrogen and oxygen atoms in total. The summed E-state index contributed by atoms with van der Waals surface area (Å²) in [5.74, 6) is 0.00383. The Morgan fingerprint density at radius 1 is 1.22 bits per heavy atom. The maximum atomic E-state index is 12.3. The summed E-state index contributed by atoms with van der Waals surface area (Å²) < 4.78 is 29.4. The van der Waals surface area contributed by atoms with Gasteiger partial charge in [0.1, 0.15) is 0 Å². The van der Waals surface area contributed by atoms with Gasteiger partial charge in [0.05, 0.1) is 23.5 Å². The van der Waals surface area contributed by atoms with E-state index in [0.717, 1.165) is 11.8 Å². The Kier molecular flexibility index (Phi) is 7.45. The number of sulfonamides is 1. The highest BCUT2D eigenvalue weighted by molar-refractivity contribution is 7.99. The average molecular weight is 477 g/mol. The zero-order chi connectivity index (χ0) is 23.1. The second-order valence-electron chi connectivity index (χ2n) is 6.36. The molecule has 2 heterocycles. The van der Waals surface area contributed by atoms with Crippen molar-refractivity contribution in [2.24, 2.45) is 5.14 Å². The fraction of sp³-hybridized carbons (Fsp3) is 0.158. The molecule has 2 amide bonds. The van der Waals surface area contributed by atoms with Crippen molar-refractivity contribution in [2.45, 2.75) is 23.1 Å². The number of furan rings is 1. The molecule has 3 rings (SSSR count). The van der Waals surface area contributed by atoms with Crippen molar-refractivity contribution in [1.82, 2.24) is 20.1 Å². The highest BCUT2D eigenvalue weighted by Gasteiger charge is 2.16. The molecule has 3 aromatic rings. The molecule has 13 heteroatoms. The van der Waals surface area contributed by atoms with Gasteiger partial charge in [0, 0.05) is 12.2 Å². The number of hydrogen-bond donors (Lipinski definition) is 3. The fourth-order valence-electron chi connectivity index (χ4n) is 2.58. The summed E-state index contributed by atoms with van der Waals surface area (Å²) >= 11 is 1.16. The van der Waals surface area contributed by atoms with Crippen molar-refractivity contribution in [2.75, 3.05) is 11.1 Å². The van der Waals surface area contributed by atoms with Gasteiger partial charge in [-0.05, 0) is 36.4 Å². The average Bonchev–Trinajstić information content (AvgIpc) is 3.41. The SMILES string of the molecule is C=CCn1c(CNC(=O)c2ccco2)nnc1SCC(=O)Nc1ccc(S(N)(=O)=O)cc1. The number of nitrogens with one attached hydrogen (secondary N) is 2. The van der Waals surface area contributed by atoms with E-state index in [-0.39, 0.29) is 34.8 Å². The van der Waals surface area contributed by atoms with Crippen LogP contribution in [0.3, 0.4) is 0 Å². The quantitative estimate of drug-likeness (QED) is 0.292. The maximum Gasteiger partial charge on any atom is 0.287 e. The molecule has 168 valence electrons. The van der Waals surface area contributed by atoms with Crippen LogP contribution in [0.15, 0.2) is 69.8 Å². The molecule has 2 aromatic heterocycles. The lowest BCUT2D eigenvalue weighted by atomic mass is 10.3. The fourth-order valence-corrected chi connectivity index (χ4v) is 3.86. The summed E-state index contributed by atoms with van der Waals surface area (Å²) in [6, 6.07) is 8.67. The summed E-state index contributed by atoms with van der Waals surface area (Å²) in [6.45, 7) is 4.21. The van der Waals surface area contributed by atoms with Crippen LogP contribution in [-0.2, 0) is 27.9 Å². The first kappa shape index (κ1) is 23.2. The molecule has 0 aliphatic carbocycles. The number of amides is 2. The van der Waals surface area contributed by atoms with Gasteiger partial charge in [-0.3, -0.25) is 9.59 Å². The third kappa shape index (κ3) is 6.06. The highest BCUT2D eigenvalue weighted by atomic mass is 32.2. The number of benzene rings is 1. The largest absolute Gasteiger partial charge is 0.459 e. The maximum absolute atomic E-state index is 12.3. The predicted octanol–water partition coefficient (Wildman–Crippen LogP) is 1.37. The zero-order valence-corrected chi connectivity index (χ0v) is 18.4. The normalized spacial score (nSPS) is 11.2. The molecule has 0 aliphatic heterocycles. The van der Waals surface area contributed by atoms with Gasteiger partial charge in [-0.25, -0.2) is 13.6 Å². The van der Waals surface area contributed by atoms with Gasteiger partial charge in [-0.15, -0.1) is 16.8 Å². The number of allylic oxidation sites excluding steroid dienone is 1. The van der Waals surface area contributed by atoms with Gasteiger partial charge < -0.3 is 19.6 Å². The Bertz CT molecular complexity index is 1200. The Morgan fingerprint density at radius 2 is 1.97 bits per heavy atom. The predicted molar refractivity (Wildman–Crippen MR) is 117 cm³/mol. The minimum atomic E-state index is -3.80. The third-order valence-electron chi connectivity index (χ3n) is 4.06. The van der Waals surface area contributed by atoms with Gasteiger partial charge in [0.15, 0.2) is 16.7 Å². The first-order valence-corrected chi connectivity index (χ1v) is 11.7. The van der Waals surface area contributed by atoms with E-state index in [9.17, 15) is 18.0 Å². The second kappa shape index (κ2) is 10.3. The van der Waals surface area contributed by atoms with E-state index >= 15 is 0 Å². The Labute approximate surface area is 188 Å². The molecule has 0 atom stereocenters. The summed E-state index contributed by atoms with van der Waals surface area (Å²) in [6.07, 6.45) is 3.06. The van der Waals surface area contributed by atoms with Crippen molar-refractivity contribution < 1.29 is 22.4 Å². The summed E-state index contributed by atoms with van der Waals surface area (Å²) in [4.78, 5) is 24.3. The van der Waals surface area contributed by atoms with Crippen LogP contribution in [0, 0.1) is 0 Å². The Balaban J connectivity index is 1.58. The molecule has 0 bridgehead atoms. The zero-order valence-electron chi connectivity index (χ0n) is 16.7. The summed E-state index contributed by atoms with van der Waals surface area (Å²) in [7, 11) is -3.80. The lowest BCUT2D eigenvalue weighted by Gasteiger charge is -2.09. The number of primary sulfonamides is 1. The number of aromatic nitrogens is 3. The first-order valence-electron chi connectivity index (χ1n) is 9.18. The monoisotopic (exact) mass is 476 g/mol. The van der Waals surface area contributed by atoms with Crippen LogP contribution in [0.25, 0.3) is 0 Å². The van der Waals surface area contributed by atoms with Crippen LogP contribution in [0.5, 0.6) is 0 Å². The molecule has 32 heavy (non-hydrogen) atoms. The van der Waals surface area contributed by atoms with Crippen molar-refractivity contribution >= 4 is 39.3 Å². The highest BCUT2D eigenvalue weighted by Crippen LogP contribution is 2.19. The topological polar surface area (TPSA) is 162 Å². The molecule has 0 unspecified atom stereocenters. The molecule has 0 aliphatic rings. The van der Waals surface area contributed by atoms with Crippen LogP contribution >= 0.6 is 11.8 Å². The van der Waals surface area contributed by atoms with Crippen LogP contribution < -0.4 is 15.8 Å². The Hall–Kier alpha value is -3.42. The number of thioether (sulfide) groups is 1. The molecule has 0 saturated heterocycles. The number of anilines is 1. The van der Waals surface area contributed by atoms with Gasteiger partial charge in [-0.2, -0.15) is 0 Å². The van der Waals surface area contributed by atoms with E-state index in [2.05, 4.69) is 27.4 Å². The number of carbonyl (C=O) groups is 2. The van der Waals surface area contributed by atoms with E-state index in [1.165, 1.54) is 30.5 Å². The number of nitrogens with zero attached hydrogens (tertiary/aromatic N) is 3. The van der Waals surface area contributed by atoms with Crippen molar-refractivity contribution in [3.8, 4) is 0 Å². The second-order valence-corrected chi connectivity index (χ2v) is 8.87. The van der Waals surface area contributed by atoms with Crippen molar-refractivity contribution in [3.63, 3.8) is 0 Å². The molecule has 1 aromatic carbocycles. The molecular weight excluding hydrogens is 456 g/mol. The molecule has 0 saturated carbocycles. The minimum Gasteiger partial charge on any atom is -0.459 e. The van der Waals surface area contributed by atoms with Crippen molar-refractivity contribution in [1.29, 1.82) is 0 Å². The number of carbonyl (C=O) groups excluding carboxylic acids is 2. The lowest BCUT2D eigenvalue weighted by Crippen LogP contribution is -2.24. The number of rotatable bonds is 10. The number of hydrogen-bond acceptors (Lipinski definition) is 8. The summed E-state index contributed by atoms with van der Waals surface area (Å²) in [5, 5.41) is 19.1. The van der Waals surface area contributed by atoms with Crippen LogP contribution in [0.4, 0.5) is 5.69 Å². The smallest absolute Gasteiger partial charge is 0.287 e. The van der Waals surface area contributed by atoms with Crippen LogP contribution in [0.1, 0.15) is 16.4 Å². The standard InChI is InChI=1S/C19H20N6O5S2/c1-2-9-25-16(11-21-18(27)15-4-3-10-30-15)23-24-19(25)31-12-17(26)22-13-5-7-14(8-6-13)32(20,28)29/h2-8,10H,1,9,11-12H2,(H,21,27)(H,22,26)(H2,20,28,29). The molecule has 0 radical (unpaired) electrons. The van der Waals surface area contributed by atoms with E-state index in [1.807, 2.05) is 0 Å². The van der Waals surface area contributed by atoms with Gasteiger partial charge in [0.25, 0.3) is 5.91 Å². The third-order valence-corrected chi connectivity index (χ3v) is 5.95.